The molecule has 1 amide bonds. The second-order valence-electron chi connectivity index (χ2n) is 0.338. The van der Waals surface area contributed by atoms with Crippen molar-refractivity contribution in [3.05, 3.63) is 0 Å². The Morgan fingerprint density at radius 2 is 1.80 bits per heavy atom. The van der Waals surface area contributed by atoms with Crippen LogP contribution in [0, 0.1) is 0 Å². The van der Waals surface area contributed by atoms with Crippen molar-refractivity contribution in [3.63, 3.8) is 0 Å². The van der Waals surface area contributed by atoms with E-state index >= 15 is 0 Å². The van der Waals surface area contributed by atoms with Gasteiger partial charge >= 0.3 is 6.09 Å². The summed E-state index contributed by atoms with van der Waals surface area (Å²) in [6.45, 7) is 0. The Morgan fingerprint density at radius 3 is 1.80 bits per heavy atom. The van der Waals surface area contributed by atoms with Crippen LogP contribution in [0.5, 0.6) is 0 Å². The van der Waals surface area contributed by atoms with Gasteiger partial charge in [-0.25, -0.2) is 4.79 Å². The molecule has 0 aromatic heterocycles. The van der Waals surface area contributed by atoms with Crippen molar-refractivity contribution in [2.45, 2.75) is 0 Å². The van der Waals surface area contributed by atoms with E-state index in [0.717, 1.165) is 0 Å². The number of hydrogen-bond donors (Lipinski definition) is 2. The molecule has 0 radical (unpaired) electrons. The minimum Gasteiger partial charge on any atom is -0.465 e. The van der Waals surface area contributed by atoms with Gasteiger partial charge in [-0.1, -0.05) is 0 Å². The fourth-order valence-corrected chi connectivity index (χ4v) is 0. The number of carbonyl (C=O) groups is 1. The van der Waals surface area contributed by atoms with Crippen molar-refractivity contribution >= 4 is 6.09 Å². The molecule has 5 heavy (non-hydrogen) atoms. The molecule has 0 heterocycles. The monoisotopic (exact) mass is 167 g/mol. The molecule has 3 nitrogen and oxygen atoms in total. The van der Waals surface area contributed by atoms with Gasteiger partial charge in [0.15, 0.2) is 0 Å². The number of nitrogens with two attached hydrogens (primary N) is 1. The second-order valence-corrected chi connectivity index (χ2v) is 0.338. The number of rotatable bonds is 0. The SMILES string of the molecule is NC(=O)O.[Pd]. The molecular weight excluding hydrogens is 164 g/mol. The van der Waals surface area contributed by atoms with Crippen molar-refractivity contribution in [1.29, 1.82) is 0 Å². The van der Waals surface area contributed by atoms with E-state index in [1.807, 2.05) is 0 Å². The minimum atomic E-state index is -1.33. The molecule has 0 saturated heterocycles. The standard InChI is InChI=1S/CH3NO2.Pd/c2-1(3)4;/h2H2,(H,3,4);. The van der Waals surface area contributed by atoms with Gasteiger partial charge in [0.2, 0.25) is 0 Å². The first-order valence-electron chi connectivity index (χ1n) is 0.716. The van der Waals surface area contributed by atoms with Crippen LogP contribution in [0.2, 0.25) is 0 Å². The van der Waals surface area contributed by atoms with E-state index in [4.69, 9.17) is 9.90 Å². The molecule has 0 bridgehead atoms. The van der Waals surface area contributed by atoms with Crippen LogP contribution in [0.15, 0.2) is 0 Å². The summed E-state index contributed by atoms with van der Waals surface area (Å²) in [6.07, 6.45) is -1.33. The third-order valence-electron chi connectivity index (χ3n) is 0. The molecule has 0 aliphatic heterocycles. The van der Waals surface area contributed by atoms with Gasteiger partial charge in [-0.05, 0) is 0 Å². The number of amides is 1. The van der Waals surface area contributed by atoms with Gasteiger partial charge in [0.25, 0.3) is 0 Å². The van der Waals surface area contributed by atoms with E-state index in [9.17, 15) is 0 Å². The number of primary amides is 1. The Hall–Kier alpha value is -0.0677. The minimum absolute atomic E-state index is 0. The Kier molecular flexibility index (Phi) is 6.98. The van der Waals surface area contributed by atoms with E-state index < -0.39 is 6.09 Å². The van der Waals surface area contributed by atoms with E-state index in [1.165, 1.54) is 0 Å². The van der Waals surface area contributed by atoms with Gasteiger partial charge in [0.05, 0.1) is 0 Å². The first-order valence-corrected chi connectivity index (χ1v) is 0.716. The molecule has 0 spiro atoms. The van der Waals surface area contributed by atoms with Crippen molar-refractivity contribution in [1.82, 2.24) is 0 Å². The first kappa shape index (κ1) is 8.87. The van der Waals surface area contributed by atoms with Crippen LogP contribution in [-0.2, 0) is 20.4 Å². The zero-order chi connectivity index (χ0) is 3.58. The Bertz CT molecular complexity index is 32.6. The summed E-state index contributed by atoms with van der Waals surface area (Å²) in [5.41, 5.74) is 4.03. The van der Waals surface area contributed by atoms with Crippen molar-refractivity contribution in [2.75, 3.05) is 0 Å². The quantitative estimate of drug-likeness (QED) is 0.483. The molecule has 4 heteroatoms. The van der Waals surface area contributed by atoms with Crippen molar-refractivity contribution < 1.29 is 30.3 Å². The third kappa shape index (κ3) is 3210. The topological polar surface area (TPSA) is 63.3 Å². The zero-order valence-electron chi connectivity index (χ0n) is 2.25. The maximum Gasteiger partial charge on any atom is 0.402 e. The van der Waals surface area contributed by atoms with Crippen LogP contribution >= 0.6 is 0 Å². The largest absolute Gasteiger partial charge is 0.465 e. The van der Waals surface area contributed by atoms with Crippen LogP contribution in [0.3, 0.4) is 0 Å². The first-order chi connectivity index (χ1) is 1.73. The summed E-state index contributed by atoms with van der Waals surface area (Å²) < 4.78 is 0. The van der Waals surface area contributed by atoms with Gasteiger partial charge in [0.1, 0.15) is 0 Å². The normalized spacial score (nSPS) is 4.80. The second kappa shape index (κ2) is 3.93. The van der Waals surface area contributed by atoms with Crippen molar-refractivity contribution in [3.8, 4) is 0 Å². The summed E-state index contributed by atoms with van der Waals surface area (Å²) in [4.78, 5) is 8.78. The Balaban J connectivity index is 0. The molecular formula is CH3NO2Pd. The number of carboxylic acid groups (broad SMARTS) is 1. The zero-order valence-corrected chi connectivity index (χ0v) is 3.80. The van der Waals surface area contributed by atoms with Crippen molar-refractivity contribution in [2.24, 2.45) is 5.73 Å². The van der Waals surface area contributed by atoms with E-state index in [2.05, 4.69) is 5.73 Å². The predicted octanol–water partition coefficient (Wildman–Crippen LogP) is -0.379. The third-order valence-corrected chi connectivity index (χ3v) is 0. The maximum atomic E-state index is 8.78. The average Bonchev–Trinajstić information content (AvgIpc) is 0.811. The molecule has 0 aromatic carbocycles. The summed E-state index contributed by atoms with van der Waals surface area (Å²) in [5.74, 6) is 0. The van der Waals surface area contributed by atoms with Gasteiger partial charge in [-0.2, -0.15) is 0 Å². The molecule has 0 fully saturated rings. The molecule has 0 rings (SSSR count). The van der Waals surface area contributed by atoms with E-state index in [-0.39, 0.29) is 20.4 Å². The molecule has 34 valence electrons. The van der Waals surface area contributed by atoms with Gasteiger partial charge < -0.3 is 10.8 Å². The summed E-state index contributed by atoms with van der Waals surface area (Å²) >= 11 is 0. The molecule has 0 unspecified atom stereocenters. The summed E-state index contributed by atoms with van der Waals surface area (Å²) in [6, 6.07) is 0. The molecule has 0 aliphatic rings. The molecule has 0 atom stereocenters. The smallest absolute Gasteiger partial charge is 0.402 e. The molecule has 0 saturated carbocycles. The van der Waals surface area contributed by atoms with Crippen LogP contribution in [0.1, 0.15) is 0 Å². The molecule has 3 N–H and O–H groups in total. The van der Waals surface area contributed by atoms with Gasteiger partial charge in [-0.15, -0.1) is 0 Å². The Morgan fingerprint density at radius 1 is 1.80 bits per heavy atom. The van der Waals surface area contributed by atoms with Crippen LogP contribution < -0.4 is 5.73 Å². The predicted molar refractivity (Wildman–Crippen MR) is 12.2 cm³/mol. The van der Waals surface area contributed by atoms with Crippen LogP contribution in [-0.4, -0.2) is 11.2 Å². The molecule has 0 aliphatic carbocycles. The fraction of sp³-hybridized carbons (Fsp3) is 0. The fourth-order valence-electron chi connectivity index (χ4n) is 0. The van der Waals surface area contributed by atoms with Gasteiger partial charge in [0, 0.05) is 20.4 Å². The van der Waals surface area contributed by atoms with Crippen LogP contribution in [0.4, 0.5) is 4.79 Å². The van der Waals surface area contributed by atoms with Gasteiger partial charge in [-0.3, -0.25) is 0 Å². The average molecular weight is 167 g/mol. The van der Waals surface area contributed by atoms with E-state index in [0.29, 0.717) is 0 Å². The van der Waals surface area contributed by atoms with E-state index in [1.54, 1.807) is 0 Å². The summed E-state index contributed by atoms with van der Waals surface area (Å²) in [7, 11) is 0. The summed E-state index contributed by atoms with van der Waals surface area (Å²) in [5, 5.41) is 7.19. The Labute approximate surface area is 42.8 Å². The number of hydrogen-bond acceptors (Lipinski definition) is 1. The maximum absolute atomic E-state index is 8.78. The van der Waals surface area contributed by atoms with Crippen LogP contribution in [0.25, 0.3) is 0 Å². The molecule has 0 aromatic rings.